The molecule has 6 heteroatoms. The van der Waals surface area contributed by atoms with Crippen LogP contribution < -0.4 is 5.32 Å². The lowest BCUT2D eigenvalue weighted by molar-refractivity contribution is 0.102. The van der Waals surface area contributed by atoms with Gasteiger partial charge in [-0.2, -0.15) is 0 Å². The molecule has 100 valence electrons. The molecule has 0 aliphatic carbocycles. The molecule has 1 N–H and O–H groups in total. The third-order valence-electron chi connectivity index (χ3n) is 2.86. The van der Waals surface area contributed by atoms with E-state index in [-0.39, 0.29) is 5.91 Å². The van der Waals surface area contributed by atoms with Crippen LogP contribution in [0.2, 0.25) is 5.15 Å². The number of hydrogen-bond acceptors (Lipinski definition) is 4. The standard InChI is InChI=1S/C13H14ClN3O2/c1-4-10-5-9(6-11(14)15-10)12(18)16-13-7(2)8(3)17-19-13/h5-6H,4H2,1-3H3,(H,16,18). The SMILES string of the molecule is CCc1cc(C(=O)Nc2onc(C)c2C)cc(Cl)n1. The minimum atomic E-state index is -0.293. The Hall–Kier alpha value is -1.88. The van der Waals surface area contributed by atoms with E-state index in [4.69, 9.17) is 16.1 Å². The number of rotatable bonds is 3. The molecule has 0 unspecified atom stereocenters. The van der Waals surface area contributed by atoms with Crippen LogP contribution in [0.4, 0.5) is 5.88 Å². The highest BCUT2D eigenvalue weighted by Gasteiger charge is 2.14. The highest BCUT2D eigenvalue weighted by Crippen LogP contribution is 2.19. The fraction of sp³-hybridized carbons (Fsp3) is 0.308. The van der Waals surface area contributed by atoms with Crippen LogP contribution in [0, 0.1) is 13.8 Å². The van der Waals surface area contributed by atoms with Crippen molar-refractivity contribution in [3.05, 3.63) is 39.8 Å². The molecule has 0 aliphatic rings. The van der Waals surface area contributed by atoms with E-state index in [9.17, 15) is 4.79 Å². The lowest BCUT2D eigenvalue weighted by atomic mass is 10.2. The molecule has 0 atom stereocenters. The Morgan fingerprint density at radius 2 is 2.16 bits per heavy atom. The number of carbonyl (C=O) groups excluding carboxylic acids is 1. The van der Waals surface area contributed by atoms with Crippen LogP contribution in [0.3, 0.4) is 0 Å². The van der Waals surface area contributed by atoms with Crippen molar-refractivity contribution in [2.24, 2.45) is 0 Å². The van der Waals surface area contributed by atoms with Crippen molar-refractivity contribution in [1.82, 2.24) is 10.1 Å². The monoisotopic (exact) mass is 279 g/mol. The molecule has 0 spiro atoms. The average Bonchev–Trinajstić information content (AvgIpc) is 2.70. The number of hydrogen-bond donors (Lipinski definition) is 1. The fourth-order valence-corrected chi connectivity index (χ4v) is 1.80. The van der Waals surface area contributed by atoms with Crippen molar-refractivity contribution >= 4 is 23.4 Å². The first-order valence-electron chi connectivity index (χ1n) is 5.92. The predicted octanol–water partition coefficient (Wildman–Crippen LogP) is 3.15. The van der Waals surface area contributed by atoms with E-state index in [0.29, 0.717) is 23.0 Å². The number of halogens is 1. The number of nitrogens with one attached hydrogen (secondary N) is 1. The second-order valence-electron chi connectivity index (χ2n) is 4.20. The van der Waals surface area contributed by atoms with Gasteiger partial charge in [-0.25, -0.2) is 4.98 Å². The summed E-state index contributed by atoms with van der Waals surface area (Å²) in [6.07, 6.45) is 0.710. The molecule has 2 heterocycles. The van der Waals surface area contributed by atoms with Gasteiger partial charge in [0, 0.05) is 16.8 Å². The van der Waals surface area contributed by atoms with Gasteiger partial charge in [0.25, 0.3) is 5.91 Å². The average molecular weight is 280 g/mol. The zero-order valence-electron chi connectivity index (χ0n) is 11.0. The van der Waals surface area contributed by atoms with Crippen LogP contribution >= 0.6 is 11.6 Å². The fourth-order valence-electron chi connectivity index (χ4n) is 1.57. The van der Waals surface area contributed by atoms with Gasteiger partial charge < -0.3 is 4.52 Å². The minimum Gasteiger partial charge on any atom is -0.338 e. The minimum absolute atomic E-state index is 0.293. The van der Waals surface area contributed by atoms with Crippen LogP contribution in [0.5, 0.6) is 0 Å². The summed E-state index contributed by atoms with van der Waals surface area (Å²) in [4.78, 5) is 16.2. The zero-order valence-corrected chi connectivity index (χ0v) is 11.7. The Kier molecular flexibility index (Phi) is 3.85. The number of aromatic nitrogens is 2. The van der Waals surface area contributed by atoms with Crippen molar-refractivity contribution in [1.29, 1.82) is 0 Å². The predicted molar refractivity (Wildman–Crippen MR) is 72.6 cm³/mol. The Labute approximate surface area is 116 Å². The van der Waals surface area contributed by atoms with Crippen molar-refractivity contribution in [3.63, 3.8) is 0 Å². The summed E-state index contributed by atoms with van der Waals surface area (Å²) in [6.45, 7) is 5.59. The number of aryl methyl sites for hydroxylation is 2. The molecular formula is C13H14ClN3O2. The van der Waals surface area contributed by atoms with Gasteiger partial charge >= 0.3 is 0 Å². The number of carbonyl (C=O) groups is 1. The van der Waals surface area contributed by atoms with Crippen LogP contribution in [0.15, 0.2) is 16.7 Å². The van der Waals surface area contributed by atoms with Gasteiger partial charge in [-0.05, 0) is 32.4 Å². The molecule has 0 saturated carbocycles. The summed E-state index contributed by atoms with van der Waals surface area (Å²) in [5, 5.41) is 6.76. The maximum Gasteiger partial charge on any atom is 0.258 e. The van der Waals surface area contributed by atoms with Crippen LogP contribution in [0.1, 0.15) is 34.2 Å². The molecular weight excluding hydrogens is 266 g/mol. The first kappa shape index (κ1) is 13.5. The van der Waals surface area contributed by atoms with E-state index >= 15 is 0 Å². The molecule has 19 heavy (non-hydrogen) atoms. The summed E-state index contributed by atoms with van der Waals surface area (Å²) in [5.74, 6) is 0.0618. The Balaban J connectivity index is 2.25. The summed E-state index contributed by atoms with van der Waals surface area (Å²) in [6, 6.07) is 3.23. The molecule has 0 radical (unpaired) electrons. The summed E-state index contributed by atoms with van der Waals surface area (Å²) in [5.41, 5.74) is 2.77. The highest BCUT2D eigenvalue weighted by atomic mass is 35.5. The van der Waals surface area contributed by atoms with Crippen molar-refractivity contribution in [2.45, 2.75) is 27.2 Å². The largest absolute Gasteiger partial charge is 0.338 e. The molecule has 0 bridgehead atoms. The van der Waals surface area contributed by atoms with Crippen molar-refractivity contribution in [3.8, 4) is 0 Å². The van der Waals surface area contributed by atoms with Gasteiger partial charge in [0.1, 0.15) is 5.15 Å². The summed E-state index contributed by atoms with van der Waals surface area (Å²) >= 11 is 5.88. The maximum absolute atomic E-state index is 12.1. The molecule has 0 fully saturated rings. The Morgan fingerprint density at radius 3 is 2.74 bits per heavy atom. The van der Waals surface area contributed by atoms with E-state index in [1.165, 1.54) is 6.07 Å². The third-order valence-corrected chi connectivity index (χ3v) is 3.05. The lowest BCUT2D eigenvalue weighted by Crippen LogP contribution is -2.13. The first-order chi connectivity index (χ1) is 9.01. The Bertz CT molecular complexity index is 622. The number of nitrogens with zero attached hydrogens (tertiary/aromatic N) is 2. The van der Waals surface area contributed by atoms with Gasteiger partial charge in [0.05, 0.1) is 5.69 Å². The van der Waals surface area contributed by atoms with E-state index in [0.717, 1.165) is 17.0 Å². The molecule has 0 aromatic carbocycles. The molecule has 1 amide bonds. The summed E-state index contributed by atoms with van der Waals surface area (Å²) < 4.78 is 5.04. The number of amides is 1. The molecule has 2 aromatic rings. The van der Waals surface area contributed by atoms with Crippen molar-refractivity contribution < 1.29 is 9.32 Å². The second-order valence-corrected chi connectivity index (χ2v) is 4.59. The molecule has 0 saturated heterocycles. The molecule has 0 aliphatic heterocycles. The maximum atomic E-state index is 12.1. The molecule has 2 aromatic heterocycles. The van der Waals surface area contributed by atoms with E-state index in [2.05, 4.69) is 15.5 Å². The normalized spacial score (nSPS) is 10.5. The molecule has 2 rings (SSSR count). The topological polar surface area (TPSA) is 68.0 Å². The highest BCUT2D eigenvalue weighted by molar-refractivity contribution is 6.29. The van der Waals surface area contributed by atoms with Gasteiger partial charge in [0.2, 0.25) is 5.88 Å². The van der Waals surface area contributed by atoms with Crippen molar-refractivity contribution in [2.75, 3.05) is 5.32 Å². The van der Waals surface area contributed by atoms with Crippen LogP contribution in [-0.2, 0) is 6.42 Å². The third kappa shape index (κ3) is 2.93. The zero-order chi connectivity index (χ0) is 14.0. The van der Waals surface area contributed by atoms with Gasteiger partial charge in [-0.15, -0.1) is 0 Å². The van der Waals surface area contributed by atoms with E-state index in [1.807, 2.05) is 20.8 Å². The van der Waals surface area contributed by atoms with Gasteiger partial charge in [-0.3, -0.25) is 10.1 Å². The quantitative estimate of drug-likeness (QED) is 0.876. The van der Waals surface area contributed by atoms with E-state index in [1.54, 1.807) is 6.07 Å². The number of anilines is 1. The van der Waals surface area contributed by atoms with Crippen LogP contribution in [0.25, 0.3) is 0 Å². The van der Waals surface area contributed by atoms with Gasteiger partial charge in [-0.1, -0.05) is 23.7 Å². The lowest BCUT2D eigenvalue weighted by Gasteiger charge is -2.05. The Morgan fingerprint density at radius 1 is 1.42 bits per heavy atom. The van der Waals surface area contributed by atoms with E-state index < -0.39 is 0 Å². The second kappa shape index (κ2) is 5.40. The molecule has 5 nitrogen and oxygen atoms in total. The first-order valence-corrected chi connectivity index (χ1v) is 6.29. The van der Waals surface area contributed by atoms with Gasteiger partial charge in [0.15, 0.2) is 0 Å². The number of pyridine rings is 1. The van der Waals surface area contributed by atoms with Crippen LogP contribution in [-0.4, -0.2) is 16.0 Å². The summed E-state index contributed by atoms with van der Waals surface area (Å²) in [7, 11) is 0. The smallest absolute Gasteiger partial charge is 0.258 e.